The first-order valence-electron chi connectivity index (χ1n) is 23.0. The highest BCUT2D eigenvalue weighted by Gasteiger charge is 2.68. The molecule has 0 unspecified atom stereocenters. The van der Waals surface area contributed by atoms with Gasteiger partial charge in [-0.1, -0.05) is 97.9 Å². The summed E-state index contributed by atoms with van der Waals surface area (Å²) < 4.78 is 11.6. The molecule has 4 bridgehead atoms. The van der Waals surface area contributed by atoms with Crippen LogP contribution in [-0.2, 0) is 27.1 Å². The standard InChI is InChI=1S/C52H78N2O7/c1-35(2)27-46(57)61-34-44(14-9-11-37(4)42-16-15-36(3)32-54-50(6,23-26-60-8)30-40-13-10-12-39(28-40)29-42)45-19-21-52(49(45)58)48-41(20-25-55)17-18-43(47(48)38(5)33-56)31-51(52,59)22-24-53-7/h9-15,17-18,28,33,35,41-43,45-46,48-49,53-55,57-59H,4,16,19-27,29-32,34H2,1-3,5-8H3/b11-9+,36-15+,44-14-,47-38?/t41-,42+,43-,45-,46-,48-,49+,50-,51+,52+/m0/s1. The number of ether oxygens (including phenoxy) is 2. The van der Waals surface area contributed by atoms with E-state index in [2.05, 4.69) is 79.6 Å². The third kappa shape index (κ3) is 11.6. The van der Waals surface area contributed by atoms with Gasteiger partial charge in [0.25, 0.3) is 0 Å². The van der Waals surface area contributed by atoms with E-state index < -0.39 is 23.4 Å². The van der Waals surface area contributed by atoms with Crippen LogP contribution in [0.3, 0.4) is 0 Å². The fraction of sp³-hybridized carbons (Fsp3) is 0.635. The maximum Gasteiger partial charge on any atom is 0.155 e. The Morgan fingerprint density at radius 2 is 1.95 bits per heavy atom. The van der Waals surface area contributed by atoms with Crippen molar-refractivity contribution in [3.63, 3.8) is 0 Å². The molecule has 0 radical (unpaired) electrons. The molecule has 9 heteroatoms. The van der Waals surface area contributed by atoms with E-state index in [-0.39, 0.29) is 54.3 Å². The Hall–Kier alpha value is -2.99. The molecule has 5 rings (SSSR count). The third-order valence-corrected chi connectivity index (χ3v) is 14.6. The molecule has 1 aromatic carbocycles. The van der Waals surface area contributed by atoms with Crippen LogP contribution in [-0.4, -0.2) is 97.3 Å². The number of nitrogens with one attached hydrogen (secondary N) is 2. The van der Waals surface area contributed by atoms with Gasteiger partial charge in [0.1, 0.15) is 6.29 Å². The molecule has 1 aromatic rings. The van der Waals surface area contributed by atoms with Crippen LogP contribution in [0, 0.1) is 40.9 Å². The molecule has 1 spiro atoms. The molecule has 2 saturated carbocycles. The monoisotopic (exact) mass is 843 g/mol. The maximum atomic E-state index is 13.0. The number of allylic oxidation sites excluding steroid dienone is 9. The number of hydrogen-bond donors (Lipinski definition) is 6. The predicted octanol–water partition coefficient (Wildman–Crippen LogP) is 7.36. The van der Waals surface area contributed by atoms with Crippen LogP contribution < -0.4 is 10.6 Å². The second-order valence-corrected chi connectivity index (χ2v) is 19.5. The van der Waals surface area contributed by atoms with E-state index >= 15 is 0 Å². The SMILES string of the molecule is C=C(/C=C/C=C(/CO[C@H](O)CC(C)C)[C@@H]1CC[C@]2([C@@H]1O)[C@@H]1C(=C(C)C=O)[C@@H](C=C[C@H]1CCO)C[C@]2(O)CCNC)[C@@H]1C/C=C(\C)CN[C@@](C)(CCOC)Cc2cccc(c2)C1. The van der Waals surface area contributed by atoms with E-state index in [1.165, 1.54) is 16.7 Å². The van der Waals surface area contributed by atoms with E-state index in [9.17, 15) is 25.2 Å². The second kappa shape index (κ2) is 22.1. The molecule has 2 fully saturated rings. The van der Waals surface area contributed by atoms with Crippen molar-refractivity contribution in [2.45, 2.75) is 122 Å². The number of fused-ring (bicyclic) bond motifs is 5. The van der Waals surface area contributed by atoms with Crippen molar-refractivity contribution in [1.82, 2.24) is 10.6 Å². The number of carbonyl (C=O) groups is 1. The van der Waals surface area contributed by atoms with Gasteiger partial charge in [-0.15, -0.1) is 0 Å². The van der Waals surface area contributed by atoms with Gasteiger partial charge in [-0.2, -0.15) is 0 Å². The second-order valence-electron chi connectivity index (χ2n) is 19.5. The lowest BCUT2D eigenvalue weighted by Crippen LogP contribution is -2.65. The first kappa shape index (κ1) is 49.0. The molecule has 3 aliphatic carbocycles. The first-order valence-corrected chi connectivity index (χ1v) is 23.0. The molecule has 0 amide bonds. The number of aliphatic hydroxyl groups excluding tert-OH is 3. The minimum Gasteiger partial charge on any atom is -0.396 e. The number of methoxy groups -OCH3 is 1. The van der Waals surface area contributed by atoms with Gasteiger partial charge in [-0.25, -0.2) is 0 Å². The number of benzene rings is 1. The van der Waals surface area contributed by atoms with E-state index in [1.54, 1.807) is 7.11 Å². The summed E-state index contributed by atoms with van der Waals surface area (Å²) in [6, 6.07) is 8.92. The molecule has 9 nitrogen and oxygen atoms in total. The smallest absolute Gasteiger partial charge is 0.155 e. The quantitative estimate of drug-likeness (QED) is 0.0294. The topological polar surface area (TPSA) is 141 Å². The Bertz CT molecular complexity index is 1800. The van der Waals surface area contributed by atoms with E-state index in [4.69, 9.17) is 9.47 Å². The Balaban J connectivity index is 1.50. The average molecular weight is 843 g/mol. The van der Waals surface area contributed by atoms with Crippen LogP contribution in [0.2, 0.25) is 0 Å². The van der Waals surface area contributed by atoms with Gasteiger partial charge in [-0.3, -0.25) is 4.79 Å². The molecular weight excluding hydrogens is 765 g/mol. The lowest BCUT2D eigenvalue weighted by molar-refractivity contribution is -0.194. The summed E-state index contributed by atoms with van der Waals surface area (Å²) >= 11 is 0. The lowest BCUT2D eigenvalue weighted by Gasteiger charge is -2.61. The van der Waals surface area contributed by atoms with Crippen molar-refractivity contribution < 1.29 is 34.7 Å². The summed E-state index contributed by atoms with van der Waals surface area (Å²) in [6.45, 7) is 17.2. The van der Waals surface area contributed by atoms with Crippen molar-refractivity contribution in [2.24, 2.45) is 40.9 Å². The van der Waals surface area contributed by atoms with Crippen molar-refractivity contribution in [3.05, 3.63) is 106 Å². The number of hydrogen-bond acceptors (Lipinski definition) is 9. The van der Waals surface area contributed by atoms with Gasteiger partial charge in [-0.05, 0) is 138 Å². The molecular formula is C52H78N2O7. The normalized spacial score (nSPS) is 34.2. The Labute approximate surface area is 367 Å². The van der Waals surface area contributed by atoms with Crippen molar-refractivity contribution in [3.8, 4) is 0 Å². The summed E-state index contributed by atoms with van der Waals surface area (Å²) in [6.07, 6.45) is 18.1. The van der Waals surface area contributed by atoms with Gasteiger partial charge in [0, 0.05) is 56.1 Å². The maximum absolute atomic E-state index is 13.0. The first-order chi connectivity index (χ1) is 29.1. The molecule has 6 N–H and O–H groups in total. The largest absolute Gasteiger partial charge is 0.396 e. The predicted molar refractivity (Wildman–Crippen MR) is 246 cm³/mol. The van der Waals surface area contributed by atoms with Crippen molar-refractivity contribution in [2.75, 3.05) is 47.1 Å². The summed E-state index contributed by atoms with van der Waals surface area (Å²) in [5.74, 6) is -0.592. The number of rotatable bonds is 18. The summed E-state index contributed by atoms with van der Waals surface area (Å²) in [4.78, 5) is 12.5. The fourth-order valence-electron chi connectivity index (χ4n) is 11.3. The van der Waals surface area contributed by atoms with Crippen molar-refractivity contribution in [1.29, 1.82) is 0 Å². The van der Waals surface area contributed by atoms with E-state index in [1.807, 2.05) is 40.0 Å². The highest BCUT2D eigenvalue weighted by atomic mass is 16.6. The zero-order chi connectivity index (χ0) is 44.4. The molecule has 0 aromatic heterocycles. The molecule has 1 heterocycles. The zero-order valence-corrected chi connectivity index (χ0v) is 38.3. The Morgan fingerprint density at radius 3 is 2.66 bits per heavy atom. The van der Waals surface area contributed by atoms with Gasteiger partial charge in [0.15, 0.2) is 6.29 Å². The van der Waals surface area contributed by atoms with Crippen molar-refractivity contribution >= 4 is 6.29 Å². The minimum absolute atomic E-state index is 0.0391. The third-order valence-electron chi connectivity index (χ3n) is 14.6. The summed E-state index contributed by atoms with van der Waals surface area (Å²) in [5, 5.41) is 54.2. The Kier molecular flexibility index (Phi) is 17.7. The number of aliphatic hydroxyl groups is 4. The van der Waals surface area contributed by atoms with Gasteiger partial charge in [0.2, 0.25) is 0 Å². The molecule has 61 heavy (non-hydrogen) atoms. The number of aldehydes is 1. The van der Waals surface area contributed by atoms with Crippen LogP contribution in [0.25, 0.3) is 0 Å². The van der Waals surface area contributed by atoms with Crippen LogP contribution in [0.15, 0.2) is 95.2 Å². The van der Waals surface area contributed by atoms with Crippen LogP contribution >= 0.6 is 0 Å². The average Bonchev–Trinajstić information content (AvgIpc) is 3.57. The molecule has 0 saturated heterocycles. The van der Waals surface area contributed by atoms with Crippen LogP contribution in [0.5, 0.6) is 0 Å². The Morgan fingerprint density at radius 1 is 1.18 bits per heavy atom. The van der Waals surface area contributed by atoms with Crippen LogP contribution in [0.1, 0.15) is 97.1 Å². The van der Waals surface area contributed by atoms with Gasteiger partial charge < -0.3 is 40.5 Å². The molecule has 1 aliphatic heterocycles. The van der Waals surface area contributed by atoms with Crippen LogP contribution in [0.4, 0.5) is 0 Å². The van der Waals surface area contributed by atoms with Gasteiger partial charge >= 0.3 is 0 Å². The molecule has 10 atom stereocenters. The molecule has 4 aliphatic rings. The van der Waals surface area contributed by atoms with E-state index in [0.717, 1.165) is 55.2 Å². The van der Waals surface area contributed by atoms with E-state index in [0.29, 0.717) is 57.2 Å². The number of carbonyl (C=O) groups excluding carboxylic acids is 1. The zero-order valence-electron chi connectivity index (χ0n) is 38.3. The minimum atomic E-state index is -1.24. The summed E-state index contributed by atoms with van der Waals surface area (Å²) in [7, 11) is 3.63. The fourth-order valence-corrected chi connectivity index (χ4v) is 11.3. The highest BCUT2D eigenvalue weighted by Crippen LogP contribution is 2.67. The summed E-state index contributed by atoms with van der Waals surface area (Å²) in [5.41, 5.74) is 5.02. The van der Waals surface area contributed by atoms with Gasteiger partial charge in [0.05, 0.1) is 18.3 Å². The highest BCUT2D eigenvalue weighted by molar-refractivity contribution is 5.74. The lowest BCUT2D eigenvalue weighted by atomic mass is 9.45. The molecule has 338 valence electrons.